The van der Waals surface area contributed by atoms with Crippen molar-refractivity contribution in [3.05, 3.63) is 46.2 Å². The lowest BCUT2D eigenvalue weighted by Gasteiger charge is -2.03. The first-order valence-electron chi connectivity index (χ1n) is 5.29. The summed E-state index contributed by atoms with van der Waals surface area (Å²) < 4.78 is 0.828. The van der Waals surface area contributed by atoms with Crippen LogP contribution in [0, 0.1) is 6.92 Å². The van der Waals surface area contributed by atoms with Crippen molar-refractivity contribution in [3.8, 4) is 11.4 Å². The zero-order valence-electron chi connectivity index (χ0n) is 9.37. The summed E-state index contributed by atoms with van der Waals surface area (Å²) >= 11 is 3.39. The number of hydrogen-bond acceptors (Lipinski definition) is 2. The van der Waals surface area contributed by atoms with Crippen LogP contribution in [0.25, 0.3) is 11.4 Å². The molecule has 0 saturated carbocycles. The molecule has 0 aliphatic rings. The van der Waals surface area contributed by atoms with Gasteiger partial charge in [-0.05, 0) is 40.9 Å². The molecule has 0 bridgehead atoms. The second-order valence-electron chi connectivity index (χ2n) is 3.71. The van der Waals surface area contributed by atoms with Gasteiger partial charge in [0.2, 0.25) is 0 Å². The molecule has 82 valence electrons. The van der Waals surface area contributed by atoms with Crippen LogP contribution in [0.1, 0.15) is 18.2 Å². The van der Waals surface area contributed by atoms with Crippen molar-refractivity contribution in [2.24, 2.45) is 0 Å². The average Bonchev–Trinajstić information content (AvgIpc) is 2.28. The fraction of sp³-hybridized carbons (Fsp3) is 0.231. The monoisotopic (exact) mass is 276 g/mol. The summed E-state index contributed by atoms with van der Waals surface area (Å²) in [6, 6.07) is 10.3. The van der Waals surface area contributed by atoms with Gasteiger partial charge in [-0.3, -0.25) is 0 Å². The van der Waals surface area contributed by atoms with Crippen LogP contribution in [0.5, 0.6) is 0 Å². The maximum Gasteiger partial charge on any atom is 0.160 e. The standard InChI is InChI=1S/C13H13BrN2/c1-3-10-4-6-11(7-5-10)13-15-9(2)8-12(14)16-13/h4-8H,3H2,1-2H3. The minimum Gasteiger partial charge on any atom is -0.233 e. The Labute approximate surface area is 104 Å². The second-order valence-corrected chi connectivity index (χ2v) is 4.52. The molecule has 16 heavy (non-hydrogen) atoms. The number of benzene rings is 1. The van der Waals surface area contributed by atoms with E-state index < -0.39 is 0 Å². The number of halogens is 1. The van der Waals surface area contributed by atoms with Gasteiger partial charge in [-0.1, -0.05) is 31.2 Å². The van der Waals surface area contributed by atoms with E-state index in [0.29, 0.717) is 0 Å². The van der Waals surface area contributed by atoms with Gasteiger partial charge in [0.05, 0.1) is 0 Å². The Balaban J connectivity index is 2.42. The van der Waals surface area contributed by atoms with E-state index in [1.54, 1.807) is 0 Å². The third-order valence-corrected chi connectivity index (χ3v) is 2.85. The first-order valence-corrected chi connectivity index (χ1v) is 6.09. The van der Waals surface area contributed by atoms with E-state index in [4.69, 9.17) is 0 Å². The minimum atomic E-state index is 0.773. The van der Waals surface area contributed by atoms with Crippen LogP contribution >= 0.6 is 15.9 Å². The van der Waals surface area contributed by atoms with Crippen LogP contribution in [0.15, 0.2) is 34.9 Å². The first kappa shape index (κ1) is 11.3. The summed E-state index contributed by atoms with van der Waals surface area (Å²) in [6.07, 6.45) is 1.05. The summed E-state index contributed by atoms with van der Waals surface area (Å²) in [5, 5.41) is 0. The van der Waals surface area contributed by atoms with E-state index in [0.717, 1.165) is 28.1 Å². The van der Waals surface area contributed by atoms with Crippen molar-refractivity contribution in [1.29, 1.82) is 0 Å². The van der Waals surface area contributed by atoms with Gasteiger partial charge >= 0.3 is 0 Å². The average molecular weight is 277 g/mol. The van der Waals surface area contributed by atoms with E-state index in [1.807, 2.05) is 13.0 Å². The summed E-state index contributed by atoms with van der Waals surface area (Å²) in [5.74, 6) is 0.773. The van der Waals surface area contributed by atoms with Gasteiger partial charge in [0, 0.05) is 11.3 Å². The molecule has 3 heteroatoms. The lowest BCUT2D eigenvalue weighted by molar-refractivity contribution is 1.09. The smallest absolute Gasteiger partial charge is 0.160 e. The number of nitrogens with zero attached hydrogens (tertiary/aromatic N) is 2. The maximum absolute atomic E-state index is 4.42. The van der Waals surface area contributed by atoms with Crippen LogP contribution in [0.3, 0.4) is 0 Å². The molecule has 0 amide bonds. The Morgan fingerprint density at radius 3 is 2.38 bits per heavy atom. The molecular weight excluding hydrogens is 264 g/mol. The fourth-order valence-corrected chi connectivity index (χ4v) is 2.05. The van der Waals surface area contributed by atoms with Crippen molar-refractivity contribution in [2.75, 3.05) is 0 Å². The second kappa shape index (κ2) is 4.74. The van der Waals surface area contributed by atoms with Gasteiger partial charge in [-0.25, -0.2) is 9.97 Å². The fourth-order valence-electron chi connectivity index (χ4n) is 1.55. The van der Waals surface area contributed by atoms with Gasteiger partial charge < -0.3 is 0 Å². The highest BCUT2D eigenvalue weighted by Gasteiger charge is 2.03. The molecule has 0 radical (unpaired) electrons. The third kappa shape index (κ3) is 2.47. The van der Waals surface area contributed by atoms with E-state index in [1.165, 1.54) is 5.56 Å². The van der Waals surface area contributed by atoms with Crippen LogP contribution in [0.4, 0.5) is 0 Å². The van der Waals surface area contributed by atoms with Crippen molar-refractivity contribution in [1.82, 2.24) is 9.97 Å². The Morgan fingerprint density at radius 1 is 1.12 bits per heavy atom. The van der Waals surface area contributed by atoms with Crippen LogP contribution in [-0.4, -0.2) is 9.97 Å². The lowest BCUT2D eigenvalue weighted by atomic mass is 10.1. The Morgan fingerprint density at radius 2 is 1.81 bits per heavy atom. The third-order valence-electron chi connectivity index (χ3n) is 2.44. The molecule has 0 saturated heterocycles. The summed E-state index contributed by atoms with van der Waals surface area (Å²) in [7, 11) is 0. The zero-order valence-corrected chi connectivity index (χ0v) is 11.0. The molecule has 0 spiro atoms. The first-order chi connectivity index (χ1) is 7.69. The van der Waals surface area contributed by atoms with E-state index in [2.05, 4.69) is 57.1 Å². The predicted octanol–water partition coefficient (Wildman–Crippen LogP) is 3.78. The lowest BCUT2D eigenvalue weighted by Crippen LogP contribution is -1.92. The van der Waals surface area contributed by atoms with Gasteiger partial charge in [0.1, 0.15) is 4.60 Å². The highest BCUT2D eigenvalue weighted by Crippen LogP contribution is 2.18. The molecule has 0 fully saturated rings. The SMILES string of the molecule is CCc1ccc(-c2nc(C)cc(Br)n2)cc1. The van der Waals surface area contributed by atoms with Gasteiger partial charge in [-0.2, -0.15) is 0 Å². The normalized spacial score (nSPS) is 10.4. The summed E-state index contributed by atoms with van der Waals surface area (Å²) in [4.78, 5) is 8.78. The maximum atomic E-state index is 4.42. The van der Waals surface area contributed by atoms with Gasteiger partial charge in [0.15, 0.2) is 5.82 Å². The Bertz CT molecular complexity index is 472. The minimum absolute atomic E-state index is 0.773. The highest BCUT2D eigenvalue weighted by molar-refractivity contribution is 9.10. The topological polar surface area (TPSA) is 25.8 Å². The number of aromatic nitrogens is 2. The highest BCUT2D eigenvalue weighted by atomic mass is 79.9. The molecule has 2 aromatic rings. The molecule has 0 N–H and O–H groups in total. The predicted molar refractivity (Wildman–Crippen MR) is 69.3 cm³/mol. The molecule has 0 aliphatic carbocycles. The molecule has 1 heterocycles. The molecule has 2 nitrogen and oxygen atoms in total. The zero-order chi connectivity index (χ0) is 11.5. The molecule has 1 aromatic heterocycles. The molecule has 0 atom stereocenters. The van der Waals surface area contributed by atoms with Crippen LogP contribution in [-0.2, 0) is 6.42 Å². The molecular formula is C13H13BrN2. The molecule has 2 rings (SSSR count). The number of hydrogen-bond donors (Lipinski definition) is 0. The Kier molecular flexibility index (Phi) is 3.34. The summed E-state index contributed by atoms with van der Waals surface area (Å²) in [6.45, 7) is 4.12. The van der Waals surface area contributed by atoms with Crippen LogP contribution < -0.4 is 0 Å². The van der Waals surface area contributed by atoms with E-state index in [-0.39, 0.29) is 0 Å². The van der Waals surface area contributed by atoms with Crippen molar-refractivity contribution in [3.63, 3.8) is 0 Å². The van der Waals surface area contributed by atoms with Crippen molar-refractivity contribution >= 4 is 15.9 Å². The summed E-state index contributed by atoms with van der Waals surface area (Å²) in [5.41, 5.74) is 3.36. The number of rotatable bonds is 2. The van der Waals surface area contributed by atoms with Crippen molar-refractivity contribution < 1.29 is 0 Å². The van der Waals surface area contributed by atoms with Gasteiger partial charge in [-0.15, -0.1) is 0 Å². The van der Waals surface area contributed by atoms with E-state index in [9.17, 15) is 0 Å². The molecule has 0 aliphatic heterocycles. The van der Waals surface area contributed by atoms with Crippen LogP contribution in [0.2, 0.25) is 0 Å². The Hall–Kier alpha value is -1.22. The van der Waals surface area contributed by atoms with E-state index >= 15 is 0 Å². The molecule has 0 unspecified atom stereocenters. The largest absolute Gasteiger partial charge is 0.233 e. The van der Waals surface area contributed by atoms with Gasteiger partial charge in [0.25, 0.3) is 0 Å². The molecule has 1 aromatic carbocycles. The quantitative estimate of drug-likeness (QED) is 0.781. The van der Waals surface area contributed by atoms with Crippen molar-refractivity contribution in [2.45, 2.75) is 20.3 Å². The number of aryl methyl sites for hydroxylation is 2.